The van der Waals surface area contributed by atoms with Gasteiger partial charge in [-0.1, -0.05) is 96.3 Å². The quantitative estimate of drug-likeness (QED) is 0.143. The highest BCUT2D eigenvalue weighted by Gasteiger charge is 2.52. The average molecular weight is 1480 g/mol. The van der Waals surface area contributed by atoms with Crippen molar-refractivity contribution in [1.82, 2.24) is 64.2 Å². The normalized spacial score (nSPS) is 12.9. The second kappa shape index (κ2) is 29.0. The van der Waals surface area contributed by atoms with E-state index in [1.165, 1.54) is 29.0 Å². The molecule has 0 atom stereocenters. The van der Waals surface area contributed by atoms with Crippen LogP contribution in [0.1, 0.15) is 27.7 Å². The molecule has 482 valence electrons. The van der Waals surface area contributed by atoms with Crippen LogP contribution in [0, 0.1) is 11.6 Å². The van der Waals surface area contributed by atoms with Gasteiger partial charge in [-0.05, 0) is 157 Å². The van der Waals surface area contributed by atoms with E-state index in [4.69, 9.17) is 9.31 Å². The number of hydrogen-bond donors (Lipinski definition) is 2. The lowest BCUT2D eigenvalue weighted by Crippen LogP contribution is -2.41. The van der Waals surface area contributed by atoms with Crippen LogP contribution in [0.4, 0.5) is 8.78 Å². The van der Waals surface area contributed by atoms with E-state index in [1.54, 1.807) is 93.7 Å². The minimum absolute atomic E-state index is 0.251. The standard InChI is InChI=1S/C27H18FN5.C14H10BFN2O2.C13H10BrN3.C10H17BN2O2.C9H5Br2N/c1-33-16-17(14-31-33)18-8-9-19(20-10-12-29-15-24(18)20)23-13-26(22-5-2-3-7-25(22)28)32-27-21(23)6-4-11-30-27;16-12-6-2-1-4-10(12)13-8-11(15(19)20)9-5-3-7-17-14(9)18-13;1-17-8-9(6-16-17)10-2-3-13(14)11-4-5-15-7-12(10)11;1-9(2)10(3,4)15-11(14-9)8-6-12-13(5)7-8;10-8-1-2-9(11)7-5-12-4-3-6(7)8/h2-16H,1H3;1-8,19-20H;2-8H,1H3;6-7H,1-5H3;1-5H. The van der Waals surface area contributed by atoms with Gasteiger partial charge in [-0.2, -0.15) is 15.3 Å². The highest BCUT2D eigenvalue weighted by Crippen LogP contribution is 2.41. The first-order valence-corrected chi connectivity index (χ1v) is 32.9. The molecule has 10 aromatic heterocycles. The Morgan fingerprint density at radius 3 is 1.38 bits per heavy atom. The predicted octanol–water partition coefficient (Wildman–Crippen LogP) is 15.0. The van der Waals surface area contributed by atoms with Gasteiger partial charge in [0.25, 0.3) is 0 Å². The van der Waals surface area contributed by atoms with Gasteiger partial charge in [0.05, 0.1) is 35.0 Å². The molecule has 0 bridgehead atoms. The van der Waals surface area contributed by atoms with Crippen molar-refractivity contribution in [3.63, 3.8) is 0 Å². The Kier molecular flexibility index (Phi) is 20.1. The van der Waals surface area contributed by atoms with Crippen LogP contribution in [0.25, 0.3) is 110 Å². The van der Waals surface area contributed by atoms with Crippen LogP contribution in [0.5, 0.6) is 0 Å². The van der Waals surface area contributed by atoms with Crippen molar-refractivity contribution in [1.29, 1.82) is 0 Å². The Balaban J connectivity index is 0.000000122. The second-order valence-corrected chi connectivity index (χ2v) is 26.2. The lowest BCUT2D eigenvalue weighted by atomic mass is 9.78. The number of pyridine rings is 7. The molecule has 0 radical (unpaired) electrons. The van der Waals surface area contributed by atoms with Gasteiger partial charge in [-0.15, -0.1) is 0 Å². The molecule has 0 amide bonds. The van der Waals surface area contributed by atoms with Crippen LogP contribution in [0.15, 0.2) is 240 Å². The average Bonchev–Trinajstić information content (AvgIpc) is 0.998. The maximum Gasteiger partial charge on any atom is 0.498 e. The van der Waals surface area contributed by atoms with Gasteiger partial charge in [-0.3, -0.25) is 29.0 Å². The summed E-state index contributed by atoms with van der Waals surface area (Å²) < 4.78 is 48.8. The summed E-state index contributed by atoms with van der Waals surface area (Å²) in [5, 5.41) is 39.7. The van der Waals surface area contributed by atoms with Gasteiger partial charge in [0, 0.05) is 169 Å². The van der Waals surface area contributed by atoms with E-state index in [2.05, 4.69) is 122 Å². The van der Waals surface area contributed by atoms with E-state index in [-0.39, 0.29) is 29.6 Å². The number of halogens is 5. The number of nitrogens with zero attached hydrogens (tertiary/aromatic N) is 13. The molecule has 2 N–H and O–H groups in total. The molecule has 97 heavy (non-hydrogen) atoms. The zero-order valence-corrected chi connectivity index (χ0v) is 58.2. The fourth-order valence-electron chi connectivity index (χ4n) is 11.1. The largest absolute Gasteiger partial charge is 0.498 e. The molecule has 5 aromatic carbocycles. The topological polar surface area (TPSA) is 203 Å². The van der Waals surface area contributed by atoms with Gasteiger partial charge in [-0.25, -0.2) is 28.7 Å². The number of aromatic nitrogens is 13. The van der Waals surface area contributed by atoms with Gasteiger partial charge < -0.3 is 19.4 Å². The molecule has 0 saturated carbocycles. The fraction of sp³-hybridized carbons (Fsp3) is 0.123. The molecule has 1 aliphatic rings. The zero-order chi connectivity index (χ0) is 68.1. The van der Waals surface area contributed by atoms with E-state index in [1.807, 2.05) is 153 Å². The summed E-state index contributed by atoms with van der Waals surface area (Å²) in [6, 6.07) is 41.9. The number of hydrogen-bond acceptors (Lipinski definition) is 14. The van der Waals surface area contributed by atoms with Crippen molar-refractivity contribution >= 4 is 127 Å². The molecule has 0 unspecified atom stereocenters. The molecule has 24 heteroatoms. The first-order chi connectivity index (χ1) is 46.7. The lowest BCUT2D eigenvalue weighted by molar-refractivity contribution is 0.00578. The number of aryl methyl sites for hydroxylation is 3. The molecule has 1 fully saturated rings. The molecular formula is C73H60B2Br3F2N13O4. The smallest absolute Gasteiger partial charge is 0.423 e. The highest BCUT2D eigenvalue weighted by atomic mass is 79.9. The predicted molar refractivity (Wildman–Crippen MR) is 390 cm³/mol. The Hall–Kier alpha value is -9.65. The molecule has 1 aliphatic heterocycles. The molecule has 11 heterocycles. The molecule has 16 rings (SSSR count). The summed E-state index contributed by atoms with van der Waals surface area (Å²) in [5.41, 5.74) is 9.48. The van der Waals surface area contributed by atoms with E-state index in [0.717, 1.165) is 79.2 Å². The number of fused-ring (bicyclic) bond motifs is 5. The maximum absolute atomic E-state index is 14.6. The van der Waals surface area contributed by atoms with E-state index in [9.17, 15) is 18.8 Å². The van der Waals surface area contributed by atoms with Crippen molar-refractivity contribution in [3.05, 3.63) is 251 Å². The van der Waals surface area contributed by atoms with Gasteiger partial charge in [0.1, 0.15) is 11.6 Å². The lowest BCUT2D eigenvalue weighted by Gasteiger charge is -2.32. The first kappa shape index (κ1) is 67.3. The summed E-state index contributed by atoms with van der Waals surface area (Å²) in [6.07, 6.45) is 25.7. The second-order valence-electron chi connectivity index (χ2n) is 23.6. The van der Waals surface area contributed by atoms with Crippen molar-refractivity contribution in [3.8, 4) is 55.9 Å². The van der Waals surface area contributed by atoms with Crippen LogP contribution < -0.4 is 10.9 Å². The Bertz CT molecular complexity index is 5310. The minimum atomic E-state index is -1.67. The highest BCUT2D eigenvalue weighted by molar-refractivity contribution is 9.11. The minimum Gasteiger partial charge on any atom is -0.423 e. The van der Waals surface area contributed by atoms with Gasteiger partial charge in [0.2, 0.25) is 0 Å². The summed E-state index contributed by atoms with van der Waals surface area (Å²) in [4.78, 5) is 30.1. The van der Waals surface area contributed by atoms with Gasteiger partial charge >= 0.3 is 14.2 Å². The van der Waals surface area contributed by atoms with Crippen LogP contribution in [-0.2, 0) is 30.5 Å². The fourth-order valence-corrected chi connectivity index (χ4v) is 12.5. The van der Waals surface area contributed by atoms with Crippen molar-refractivity contribution < 1.29 is 28.1 Å². The van der Waals surface area contributed by atoms with Crippen LogP contribution in [0.3, 0.4) is 0 Å². The third-order valence-electron chi connectivity index (χ3n) is 16.6. The van der Waals surface area contributed by atoms with E-state index < -0.39 is 12.9 Å². The third-order valence-corrected chi connectivity index (χ3v) is 18.7. The summed E-state index contributed by atoms with van der Waals surface area (Å²) in [5.74, 6) is -0.735. The summed E-state index contributed by atoms with van der Waals surface area (Å²) in [7, 11) is 3.73. The molecule has 0 aliphatic carbocycles. The summed E-state index contributed by atoms with van der Waals surface area (Å²) in [6.45, 7) is 8.18. The Morgan fingerprint density at radius 1 is 0.423 bits per heavy atom. The van der Waals surface area contributed by atoms with Crippen molar-refractivity contribution in [2.75, 3.05) is 0 Å². The third kappa shape index (κ3) is 14.7. The van der Waals surface area contributed by atoms with E-state index >= 15 is 0 Å². The molecule has 1 saturated heterocycles. The maximum atomic E-state index is 14.6. The zero-order valence-electron chi connectivity index (χ0n) is 53.4. The number of rotatable bonds is 7. The molecular weight excluding hydrogens is 1420 g/mol. The van der Waals surface area contributed by atoms with Crippen LogP contribution >= 0.6 is 47.8 Å². The number of benzene rings is 5. The molecule has 15 aromatic rings. The monoisotopic (exact) mass is 1480 g/mol. The SMILES string of the molecule is Brc1ccc(Br)c2cnccc12.Cn1cc(-c2ccc(-c3cc(-c4ccccc4F)nc4ncccc34)c3ccncc23)cn1.Cn1cc(-c2ccc(Br)c3ccncc23)cn1.Cn1cc(B2OC(C)(C)C(C)(C)O2)cn1.OB(O)c1cc(-c2ccccc2F)nc2ncccc12. The Morgan fingerprint density at radius 2 is 0.866 bits per heavy atom. The van der Waals surface area contributed by atoms with E-state index in [0.29, 0.717) is 39.2 Å². The van der Waals surface area contributed by atoms with Crippen LogP contribution in [-0.4, -0.2) is 99.7 Å². The Labute approximate surface area is 583 Å². The molecule has 17 nitrogen and oxygen atoms in total. The summed E-state index contributed by atoms with van der Waals surface area (Å²) >= 11 is 10.5. The van der Waals surface area contributed by atoms with Crippen molar-refractivity contribution in [2.45, 2.75) is 38.9 Å². The van der Waals surface area contributed by atoms with Crippen LogP contribution in [0.2, 0.25) is 0 Å². The first-order valence-electron chi connectivity index (χ1n) is 30.5. The molecule has 0 spiro atoms. The van der Waals surface area contributed by atoms with Gasteiger partial charge in [0.15, 0.2) is 11.3 Å². The van der Waals surface area contributed by atoms with Crippen molar-refractivity contribution in [2.24, 2.45) is 21.1 Å².